The number of aromatic amines is 1. The maximum Gasteiger partial charge on any atom is 0.206 e. The number of nitrogens with two attached hydrogens (primary N) is 1. The van der Waals surface area contributed by atoms with Crippen molar-refractivity contribution in [2.24, 2.45) is 11.7 Å². The molecule has 2 aromatic carbocycles. The van der Waals surface area contributed by atoms with Crippen molar-refractivity contribution >= 4 is 27.4 Å². The van der Waals surface area contributed by atoms with E-state index in [1.165, 1.54) is 11.1 Å². The summed E-state index contributed by atoms with van der Waals surface area (Å²) in [5, 5.41) is 21.8. The van der Waals surface area contributed by atoms with Crippen LogP contribution in [0.1, 0.15) is 11.1 Å². The summed E-state index contributed by atoms with van der Waals surface area (Å²) in [5.74, 6) is 0.478. The average Bonchev–Trinajstić information content (AvgIpc) is 3.44. The van der Waals surface area contributed by atoms with E-state index in [9.17, 15) is 0 Å². The van der Waals surface area contributed by atoms with E-state index < -0.39 is 0 Å². The largest absolute Gasteiger partial charge is 0.359 e. The summed E-state index contributed by atoms with van der Waals surface area (Å²) in [4.78, 5) is 0. The van der Waals surface area contributed by atoms with Crippen LogP contribution in [-0.4, -0.2) is 33.0 Å². The molecule has 1 atom stereocenters. The number of hydrogen-bond acceptors (Lipinski definition) is 6. The van der Waals surface area contributed by atoms with Gasteiger partial charge in [0.1, 0.15) is 5.01 Å². The third-order valence-electron chi connectivity index (χ3n) is 5.29. The van der Waals surface area contributed by atoms with E-state index in [-0.39, 0.29) is 6.04 Å². The SMILES string of the molecule is NC(CNc1nnc(-c2ccc3[nH]ncc3c2)s1)C1Cc2ccccc2C1. The van der Waals surface area contributed by atoms with Crippen molar-refractivity contribution in [3.63, 3.8) is 0 Å². The zero-order valence-corrected chi connectivity index (χ0v) is 15.5. The molecular weight excluding hydrogens is 356 g/mol. The number of hydrogen-bond donors (Lipinski definition) is 3. The lowest BCUT2D eigenvalue weighted by Gasteiger charge is -2.18. The molecule has 0 aliphatic heterocycles. The first-order valence-electron chi connectivity index (χ1n) is 9.09. The number of aromatic nitrogens is 4. The molecule has 5 rings (SSSR count). The van der Waals surface area contributed by atoms with Crippen LogP contribution in [0.2, 0.25) is 0 Å². The lowest BCUT2D eigenvalue weighted by Crippen LogP contribution is -2.37. The second kappa shape index (κ2) is 6.75. The van der Waals surface area contributed by atoms with E-state index in [1.807, 2.05) is 18.3 Å². The molecular formula is C20H20N6S. The Balaban J connectivity index is 1.23. The number of H-pyrrole nitrogens is 1. The molecule has 0 saturated heterocycles. The Morgan fingerprint density at radius 3 is 2.78 bits per heavy atom. The summed E-state index contributed by atoms with van der Waals surface area (Å²) in [6, 6.07) is 14.8. The highest BCUT2D eigenvalue weighted by Crippen LogP contribution is 2.30. The Bertz CT molecular complexity index is 1060. The van der Waals surface area contributed by atoms with E-state index in [4.69, 9.17) is 5.73 Å². The first kappa shape index (κ1) is 16.4. The molecule has 6 nitrogen and oxygen atoms in total. The fourth-order valence-corrected chi connectivity index (χ4v) is 4.50. The van der Waals surface area contributed by atoms with Crippen LogP contribution >= 0.6 is 11.3 Å². The van der Waals surface area contributed by atoms with E-state index in [0.717, 1.165) is 39.4 Å². The van der Waals surface area contributed by atoms with Crippen molar-refractivity contribution in [1.82, 2.24) is 20.4 Å². The predicted octanol–water partition coefficient (Wildman–Crippen LogP) is 3.24. The Labute approximate surface area is 160 Å². The molecule has 136 valence electrons. The van der Waals surface area contributed by atoms with Crippen LogP contribution in [0, 0.1) is 5.92 Å². The molecule has 1 aliphatic rings. The molecule has 4 N–H and O–H groups in total. The van der Waals surface area contributed by atoms with Crippen molar-refractivity contribution < 1.29 is 0 Å². The summed E-state index contributed by atoms with van der Waals surface area (Å²) in [7, 11) is 0. The third kappa shape index (κ3) is 3.20. The Kier molecular flexibility index (Phi) is 4.10. The van der Waals surface area contributed by atoms with Crippen LogP contribution < -0.4 is 11.1 Å². The smallest absolute Gasteiger partial charge is 0.206 e. The summed E-state index contributed by atoms with van der Waals surface area (Å²) < 4.78 is 0. The van der Waals surface area contributed by atoms with Gasteiger partial charge < -0.3 is 11.1 Å². The van der Waals surface area contributed by atoms with Crippen LogP contribution in [0.5, 0.6) is 0 Å². The monoisotopic (exact) mass is 376 g/mol. The lowest BCUT2D eigenvalue weighted by molar-refractivity contribution is 0.454. The van der Waals surface area contributed by atoms with Gasteiger partial charge in [-0.15, -0.1) is 10.2 Å². The molecule has 0 saturated carbocycles. The van der Waals surface area contributed by atoms with Crippen molar-refractivity contribution in [3.8, 4) is 10.6 Å². The van der Waals surface area contributed by atoms with Gasteiger partial charge in [0.05, 0.1) is 11.7 Å². The predicted molar refractivity (Wildman–Crippen MR) is 109 cm³/mol. The van der Waals surface area contributed by atoms with E-state index in [1.54, 1.807) is 11.3 Å². The number of benzene rings is 2. The molecule has 0 spiro atoms. The average molecular weight is 376 g/mol. The quantitative estimate of drug-likeness (QED) is 0.497. The maximum atomic E-state index is 6.46. The summed E-state index contributed by atoms with van der Waals surface area (Å²) in [5.41, 5.74) is 11.4. The zero-order chi connectivity index (χ0) is 18.2. The number of anilines is 1. The number of nitrogens with zero attached hydrogens (tertiary/aromatic N) is 3. The second-order valence-electron chi connectivity index (χ2n) is 7.07. The maximum absolute atomic E-state index is 6.46. The van der Waals surface area contributed by atoms with Crippen molar-refractivity contribution in [3.05, 3.63) is 59.8 Å². The first-order valence-corrected chi connectivity index (χ1v) is 9.91. The molecule has 7 heteroatoms. The minimum atomic E-state index is 0.0898. The van der Waals surface area contributed by atoms with Crippen LogP contribution in [0.15, 0.2) is 48.7 Å². The summed E-state index contributed by atoms with van der Waals surface area (Å²) in [6.45, 7) is 0.702. The minimum absolute atomic E-state index is 0.0898. The van der Waals surface area contributed by atoms with Gasteiger partial charge in [0.15, 0.2) is 0 Å². The molecule has 0 radical (unpaired) electrons. The molecule has 2 heterocycles. The highest BCUT2D eigenvalue weighted by molar-refractivity contribution is 7.18. The van der Waals surface area contributed by atoms with Crippen molar-refractivity contribution in [1.29, 1.82) is 0 Å². The third-order valence-corrected chi connectivity index (χ3v) is 6.22. The summed E-state index contributed by atoms with van der Waals surface area (Å²) in [6.07, 6.45) is 3.94. The highest BCUT2D eigenvalue weighted by Gasteiger charge is 2.26. The van der Waals surface area contributed by atoms with Gasteiger partial charge >= 0.3 is 0 Å². The standard InChI is InChI=1S/C20H20N6S/c21-17(15-7-12-3-1-2-4-13(12)8-15)11-22-20-26-25-19(27-20)14-5-6-18-16(9-14)10-23-24-18/h1-6,9-10,15,17H,7-8,11,21H2,(H,22,26)(H,23,24). The molecule has 27 heavy (non-hydrogen) atoms. The van der Waals surface area contributed by atoms with Crippen molar-refractivity contribution in [2.45, 2.75) is 18.9 Å². The second-order valence-corrected chi connectivity index (χ2v) is 8.04. The Morgan fingerprint density at radius 2 is 1.96 bits per heavy atom. The fourth-order valence-electron chi connectivity index (χ4n) is 3.75. The Hall–Kier alpha value is -2.77. The van der Waals surface area contributed by atoms with Gasteiger partial charge in [0, 0.05) is 23.5 Å². The molecule has 1 aliphatic carbocycles. The molecule has 0 fully saturated rings. The minimum Gasteiger partial charge on any atom is -0.359 e. The molecule has 0 bridgehead atoms. The van der Waals surface area contributed by atoms with E-state index >= 15 is 0 Å². The fraction of sp³-hybridized carbons (Fsp3) is 0.250. The van der Waals surface area contributed by atoms with Gasteiger partial charge in [0.2, 0.25) is 5.13 Å². The van der Waals surface area contributed by atoms with Crippen LogP contribution in [0.25, 0.3) is 21.5 Å². The topological polar surface area (TPSA) is 92.5 Å². The van der Waals surface area contributed by atoms with Gasteiger partial charge in [0.25, 0.3) is 0 Å². The normalized spacial score (nSPS) is 15.1. The Morgan fingerprint density at radius 1 is 1.15 bits per heavy atom. The summed E-state index contributed by atoms with van der Waals surface area (Å²) >= 11 is 1.55. The molecule has 4 aromatic rings. The van der Waals surface area contributed by atoms with Crippen LogP contribution in [0.3, 0.4) is 0 Å². The highest BCUT2D eigenvalue weighted by atomic mass is 32.1. The van der Waals surface area contributed by atoms with Crippen molar-refractivity contribution in [2.75, 3.05) is 11.9 Å². The zero-order valence-electron chi connectivity index (χ0n) is 14.7. The number of rotatable bonds is 5. The van der Waals surface area contributed by atoms with Crippen LogP contribution in [0.4, 0.5) is 5.13 Å². The van der Waals surface area contributed by atoms with Crippen LogP contribution in [-0.2, 0) is 12.8 Å². The van der Waals surface area contributed by atoms with Gasteiger partial charge in [-0.25, -0.2) is 0 Å². The molecule has 0 amide bonds. The van der Waals surface area contributed by atoms with Gasteiger partial charge in [-0.05, 0) is 48.1 Å². The van der Waals surface area contributed by atoms with E-state index in [0.29, 0.717) is 12.5 Å². The van der Waals surface area contributed by atoms with Gasteiger partial charge in [-0.1, -0.05) is 35.6 Å². The van der Waals surface area contributed by atoms with E-state index in [2.05, 4.69) is 56.0 Å². The van der Waals surface area contributed by atoms with Gasteiger partial charge in [-0.3, -0.25) is 5.10 Å². The van der Waals surface area contributed by atoms with Gasteiger partial charge in [-0.2, -0.15) is 5.10 Å². The molecule has 2 aromatic heterocycles. The number of nitrogens with one attached hydrogen (secondary N) is 2. The number of fused-ring (bicyclic) bond motifs is 2. The first-order chi connectivity index (χ1) is 13.3. The molecule has 1 unspecified atom stereocenters. The lowest BCUT2D eigenvalue weighted by atomic mass is 9.97.